The van der Waals surface area contributed by atoms with Gasteiger partial charge in [0.15, 0.2) is 4.90 Å². The molecule has 1 aromatic heterocycles. The molecule has 0 radical (unpaired) electrons. The van der Waals surface area contributed by atoms with Gasteiger partial charge in [-0.2, -0.15) is 0 Å². The molecule has 0 spiro atoms. The van der Waals surface area contributed by atoms with E-state index in [9.17, 15) is 9.35 Å². The molecule has 0 aliphatic rings. The zero-order valence-corrected chi connectivity index (χ0v) is 17.2. The quantitative estimate of drug-likeness (QED) is 0.299. The van der Waals surface area contributed by atoms with Crippen LogP contribution >= 0.6 is 34.8 Å². The third-order valence-electron chi connectivity index (χ3n) is 3.91. The molecule has 2 aromatic carbocycles. The number of unbranched alkanes of at least 4 members (excludes halogenated alkanes) is 1. The van der Waals surface area contributed by atoms with Gasteiger partial charge >= 0.3 is 0 Å². The highest BCUT2D eigenvalue weighted by Crippen LogP contribution is 2.32. The summed E-state index contributed by atoms with van der Waals surface area (Å²) in [6, 6.07) is 11.8. The van der Waals surface area contributed by atoms with Crippen LogP contribution in [-0.4, -0.2) is 21.9 Å². The van der Waals surface area contributed by atoms with E-state index in [1.165, 1.54) is 12.1 Å². The van der Waals surface area contributed by atoms with Crippen LogP contribution in [0.2, 0.25) is 15.1 Å². The first-order valence-corrected chi connectivity index (χ1v) is 10.7. The molecular formula is C19H16Cl3NO3S. The van der Waals surface area contributed by atoms with Gasteiger partial charge in [0, 0.05) is 23.0 Å². The van der Waals surface area contributed by atoms with Crippen LogP contribution in [0.3, 0.4) is 0 Å². The lowest BCUT2D eigenvalue weighted by Gasteiger charge is -2.13. The maximum absolute atomic E-state index is 12.4. The van der Waals surface area contributed by atoms with E-state index in [0.29, 0.717) is 38.7 Å². The van der Waals surface area contributed by atoms with Crippen molar-refractivity contribution >= 4 is 56.9 Å². The van der Waals surface area contributed by atoms with Crippen LogP contribution in [0.25, 0.3) is 10.9 Å². The smallest absolute Gasteiger partial charge is 0.248 e. The minimum atomic E-state index is -1.25. The molecule has 3 aromatic rings. The molecule has 142 valence electrons. The van der Waals surface area contributed by atoms with Crippen molar-refractivity contribution in [2.24, 2.45) is 0 Å². The van der Waals surface area contributed by atoms with E-state index < -0.39 is 11.2 Å². The third-order valence-corrected chi connectivity index (χ3v) is 6.54. The number of rotatable bonds is 7. The van der Waals surface area contributed by atoms with Crippen LogP contribution in [-0.2, 0) is 11.2 Å². The fourth-order valence-corrected chi connectivity index (χ4v) is 4.62. The number of ether oxygens (including phenoxy) is 1. The summed E-state index contributed by atoms with van der Waals surface area (Å²) >= 11 is 16.7. The second kappa shape index (κ2) is 9.22. The van der Waals surface area contributed by atoms with Gasteiger partial charge in [0.05, 0.1) is 21.7 Å². The van der Waals surface area contributed by atoms with E-state index in [1.807, 2.05) is 18.2 Å². The number of benzene rings is 2. The molecule has 27 heavy (non-hydrogen) atoms. The molecule has 0 bridgehead atoms. The molecule has 1 unspecified atom stereocenters. The third kappa shape index (κ3) is 5.33. The molecule has 1 N–H and O–H groups in total. The minimum Gasteiger partial charge on any atom is -0.611 e. The van der Waals surface area contributed by atoms with Crippen LogP contribution < -0.4 is 10.3 Å². The van der Waals surface area contributed by atoms with E-state index in [1.54, 1.807) is 12.1 Å². The van der Waals surface area contributed by atoms with Crippen molar-refractivity contribution in [3.63, 3.8) is 0 Å². The van der Waals surface area contributed by atoms with E-state index >= 15 is 0 Å². The van der Waals surface area contributed by atoms with Crippen LogP contribution in [0.15, 0.2) is 52.2 Å². The van der Waals surface area contributed by atoms with E-state index in [2.05, 4.69) is 4.98 Å². The first kappa shape index (κ1) is 20.4. The summed E-state index contributed by atoms with van der Waals surface area (Å²) in [6.45, 7) is 0.501. The van der Waals surface area contributed by atoms with Crippen molar-refractivity contribution in [3.05, 3.63) is 67.9 Å². The Balaban J connectivity index is 1.48. The van der Waals surface area contributed by atoms with Crippen molar-refractivity contribution in [2.75, 3.05) is 12.4 Å². The van der Waals surface area contributed by atoms with Gasteiger partial charge in [0.1, 0.15) is 11.5 Å². The first-order chi connectivity index (χ1) is 12.9. The zero-order valence-electron chi connectivity index (χ0n) is 14.1. The SMILES string of the molecule is O=c1ccc2cc(OCCCC[S+]([O-])c3cc(Cl)c(Cl)cc3Cl)ccc2[nH]1. The second-order valence-corrected chi connectivity index (χ2v) is 8.63. The Morgan fingerprint density at radius 3 is 2.56 bits per heavy atom. The Hall–Kier alpha value is -1.37. The van der Waals surface area contributed by atoms with E-state index in [4.69, 9.17) is 39.5 Å². The fourth-order valence-electron chi connectivity index (χ4n) is 2.54. The van der Waals surface area contributed by atoms with Crippen LogP contribution in [0, 0.1) is 0 Å². The van der Waals surface area contributed by atoms with E-state index in [0.717, 1.165) is 23.1 Å². The highest BCUT2D eigenvalue weighted by molar-refractivity contribution is 7.91. The lowest BCUT2D eigenvalue weighted by molar-refractivity contribution is 0.310. The Bertz CT molecular complexity index is 1010. The summed E-state index contributed by atoms with van der Waals surface area (Å²) in [5, 5.41) is 1.94. The van der Waals surface area contributed by atoms with Gasteiger partial charge in [0.2, 0.25) is 5.56 Å². The number of pyridine rings is 1. The van der Waals surface area contributed by atoms with Gasteiger partial charge in [-0.3, -0.25) is 4.79 Å². The van der Waals surface area contributed by atoms with Gasteiger partial charge in [-0.25, -0.2) is 0 Å². The summed E-state index contributed by atoms with van der Waals surface area (Å²) in [7, 11) is 0. The molecule has 0 saturated carbocycles. The molecule has 0 aliphatic heterocycles. The minimum absolute atomic E-state index is 0.133. The van der Waals surface area contributed by atoms with E-state index in [-0.39, 0.29) is 5.56 Å². The molecule has 1 heterocycles. The molecule has 0 saturated heterocycles. The molecule has 4 nitrogen and oxygen atoms in total. The predicted octanol–water partition coefficient (Wildman–Crippen LogP) is 5.46. The molecule has 0 fully saturated rings. The molecule has 3 rings (SSSR count). The van der Waals surface area contributed by atoms with Gasteiger partial charge in [-0.15, -0.1) is 0 Å². The highest BCUT2D eigenvalue weighted by atomic mass is 35.5. The average molecular weight is 445 g/mol. The zero-order chi connectivity index (χ0) is 19.4. The number of hydrogen-bond acceptors (Lipinski definition) is 3. The maximum atomic E-state index is 12.4. The van der Waals surface area contributed by atoms with Crippen molar-refractivity contribution in [3.8, 4) is 5.75 Å². The second-order valence-electron chi connectivity index (χ2n) is 5.87. The number of H-pyrrole nitrogens is 1. The average Bonchev–Trinajstić information content (AvgIpc) is 2.64. The van der Waals surface area contributed by atoms with Crippen molar-refractivity contribution < 1.29 is 9.29 Å². The van der Waals surface area contributed by atoms with Gasteiger partial charge in [0.25, 0.3) is 0 Å². The van der Waals surface area contributed by atoms with Gasteiger partial charge < -0.3 is 14.3 Å². The topological polar surface area (TPSA) is 65.2 Å². The number of nitrogens with one attached hydrogen (secondary N) is 1. The normalized spacial score (nSPS) is 12.3. The van der Waals surface area contributed by atoms with Crippen molar-refractivity contribution in [1.82, 2.24) is 4.98 Å². The number of aromatic nitrogens is 1. The Morgan fingerprint density at radius 1 is 0.963 bits per heavy atom. The van der Waals surface area contributed by atoms with Gasteiger partial charge in [-0.05, 0) is 54.3 Å². The molecule has 0 amide bonds. The van der Waals surface area contributed by atoms with Crippen molar-refractivity contribution in [1.29, 1.82) is 0 Å². The predicted molar refractivity (Wildman–Crippen MR) is 112 cm³/mol. The Morgan fingerprint density at radius 2 is 1.74 bits per heavy atom. The molecule has 0 aliphatic carbocycles. The fraction of sp³-hybridized carbons (Fsp3) is 0.211. The molecular weight excluding hydrogens is 429 g/mol. The van der Waals surface area contributed by atoms with Gasteiger partial charge in [-0.1, -0.05) is 34.8 Å². The Labute approximate surface area is 174 Å². The number of hydrogen-bond donors (Lipinski definition) is 1. The largest absolute Gasteiger partial charge is 0.611 e. The summed E-state index contributed by atoms with van der Waals surface area (Å²) < 4.78 is 18.1. The first-order valence-electron chi connectivity index (χ1n) is 8.23. The highest BCUT2D eigenvalue weighted by Gasteiger charge is 2.17. The molecule has 1 atom stereocenters. The number of halogens is 3. The summed E-state index contributed by atoms with van der Waals surface area (Å²) in [5.74, 6) is 1.18. The lowest BCUT2D eigenvalue weighted by Crippen LogP contribution is -2.09. The standard InChI is InChI=1S/C19H16Cl3NO3S/c20-14-10-16(22)18(11-15(14)21)27(25)8-2-1-7-26-13-4-5-17-12(9-13)3-6-19(24)23-17/h3-6,9-11H,1-2,7-8H2,(H,23,24). The number of aromatic amines is 1. The summed E-state index contributed by atoms with van der Waals surface area (Å²) in [6.07, 6.45) is 1.46. The van der Waals surface area contributed by atoms with Crippen LogP contribution in [0.4, 0.5) is 0 Å². The van der Waals surface area contributed by atoms with Crippen LogP contribution in [0.5, 0.6) is 5.75 Å². The molecule has 8 heteroatoms. The monoisotopic (exact) mass is 443 g/mol. The number of fused-ring (bicyclic) bond motifs is 1. The Kier molecular flexibility index (Phi) is 6.95. The summed E-state index contributed by atoms with van der Waals surface area (Å²) in [4.78, 5) is 14.5. The lowest BCUT2D eigenvalue weighted by atomic mass is 10.2. The summed E-state index contributed by atoms with van der Waals surface area (Å²) in [5.41, 5.74) is 0.634. The van der Waals surface area contributed by atoms with Crippen LogP contribution in [0.1, 0.15) is 12.8 Å². The maximum Gasteiger partial charge on any atom is 0.248 e. The van der Waals surface area contributed by atoms with Crippen molar-refractivity contribution in [2.45, 2.75) is 17.7 Å².